The number of nitrogens with zero attached hydrogens (tertiary/aromatic N) is 2. The highest BCUT2D eigenvalue weighted by molar-refractivity contribution is 6.27. The second-order valence-electron chi connectivity index (χ2n) is 8.82. The third-order valence-corrected chi connectivity index (χ3v) is 5.99. The summed E-state index contributed by atoms with van der Waals surface area (Å²) in [6, 6.07) is 14.9. The summed E-state index contributed by atoms with van der Waals surface area (Å²) in [5, 5.41) is 9.59. The number of unbranched alkanes of at least 4 members (excludes halogenated alkanes) is 1. The van der Waals surface area contributed by atoms with Crippen molar-refractivity contribution >= 4 is 17.1 Å². The van der Waals surface area contributed by atoms with E-state index in [2.05, 4.69) is 22.4 Å². The maximum absolute atomic E-state index is 13.3. The molecule has 2 aromatic carbocycles. The van der Waals surface area contributed by atoms with Crippen molar-refractivity contribution in [3.8, 4) is 5.75 Å². The highest BCUT2D eigenvalue weighted by Crippen LogP contribution is 2.42. The fourth-order valence-electron chi connectivity index (χ4n) is 4.03. The predicted molar refractivity (Wildman–Crippen MR) is 124 cm³/mol. The monoisotopic (exact) mass is 485 g/mol. The van der Waals surface area contributed by atoms with Crippen LogP contribution in [0.25, 0.3) is 11.1 Å². The normalized spacial score (nSPS) is 18.5. The number of benzene rings is 2. The largest absolute Gasteiger partial charge is 0.494 e. The number of hydrogen-bond donors (Lipinski definition) is 1. The number of hydrogen-bond acceptors (Lipinski definition) is 5. The van der Waals surface area contributed by atoms with Gasteiger partial charge in [-0.1, -0.05) is 55.3 Å². The molecule has 0 fully saturated rings. The van der Waals surface area contributed by atoms with E-state index in [4.69, 9.17) is 9.15 Å². The van der Waals surface area contributed by atoms with E-state index in [0.29, 0.717) is 24.2 Å². The Morgan fingerprint density at radius 2 is 1.77 bits per heavy atom. The van der Waals surface area contributed by atoms with Gasteiger partial charge < -0.3 is 14.5 Å². The van der Waals surface area contributed by atoms with E-state index in [9.17, 15) is 18.0 Å². The fraction of sp³-hybridized carbons (Fsp3) is 0.346. The summed E-state index contributed by atoms with van der Waals surface area (Å²) in [4.78, 5) is 13.3. The van der Waals surface area contributed by atoms with Gasteiger partial charge in [-0.2, -0.15) is 13.2 Å². The molecule has 1 aliphatic rings. The van der Waals surface area contributed by atoms with E-state index in [0.717, 1.165) is 29.7 Å². The summed E-state index contributed by atoms with van der Waals surface area (Å²) in [7, 11) is 0. The Labute approximate surface area is 201 Å². The number of rotatable bonds is 7. The van der Waals surface area contributed by atoms with E-state index in [-0.39, 0.29) is 5.57 Å². The smallest absolute Gasteiger partial charge is 0.470 e. The Hall–Kier alpha value is -3.62. The summed E-state index contributed by atoms with van der Waals surface area (Å²) in [6.07, 6.45) is -2.52. The van der Waals surface area contributed by atoms with Crippen molar-refractivity contribution in [2.75, 3.05) is 6.61 Å². The summed E-state index contributed by atoms with van der Waals surface area (Å²) in [6.45, 7) is 6.51. The van der Waals surface area contributed by atoms with Gasteiger partial charge in [0.2, 0.25) is 0 Å². The van der Waals surface area contributed by atoms with Crippen LogP contribution >= 0.6 is 0 Å². The Morgan fingerprint density at radius 3 is 2.37 bits per heavy atom. The summed E-state index contributed by atoms with van der Waals surface area (Å²) in [5.41, 5.74) is 2.17. The molecule has 0 aliphatic carbocycles. The molecule has 1 amide bonds. The van der Waals surface area contributed by atoms with Crippen molar-refractivity contribution in [3.05, 3.63) is 77.0 Å². The lowest BCUT2D eigenvalue weighted by atomic mass is 9.78. The molecule has 0 saturated heterocycles. The Bertz CT molecular complexity index is 1230. The molecule has 3 aromatic rings. The van der Waals surface area contributed by atoms with Crippen LogP contribution in [-0.4, -0.2) is 22.7 Å². The first-order valence-corrected chi connectivity index (χ1v) is 11.4. The second-order valence-corrected chi connectivity index (χ2v) is 8.82. The lowest BCUT2D eigenvalue weighted by Crippen LogP contribution is -2.47. The molecule has 35 heavy (non-hydrogen) atoms. The van der Waals surface area contributed by atoms with Crippen LogP contribution in [0.1, 0.15) is 61.6 Å². The Morgan fingerprint density at radius 1 is 1.09 bits per heavy atom. The average Bonchev–Trinajstić information content (AvgIpc) is 3.30. The first-order chi connectivity index (χ1) is 16.6. The number of carbonyl (C=O) groups is 1. The average molecular weight is 486 g/mol. The van der Waals surface area contributed by atoms with Crippen LogP contribution in [0.3, 0.4) is 0 Å². The molecular formula is C26H26F3N3O3. The zero-order chi connectivity index (χ0) is 25.2. The Balaban J connectivity index is 1.74. The molecule has 0 spiro atoms. The molecule has 184 valence electrons. The number of alkyl halides is 3. The molecule has 6 nitrogen and oxygen atoms in total. The minimum atomic E-state index is -4.81. The number of aryl methyl sites for hydroxylation is 1. The van der Waals surface area contributed by atoms with Gasteiger partial charge in [-0.05, 0) is 49.1 Å². The van der Waals surface area contributed by atoms with Gasteiger partial charge in [0.1, 0.15) is 11.3 Å². The van der Waals surface area contributed by atoms with Crippen molar-refractivity contribution in [1.29, 1.82) is 0 Å². The molecule has 0 bridgehead atoms. The van der Waals surface area contributed by atoms with Crippen molar-refractivity contribution < 1.29 is 27.1 Å². The maximum atomic E-state index is 13.3. The lowest BCUT2D eigenvalue weighted by Gasteiger charge is -2.37. The molecule has 0 saturated carbocycles. The van der Waals surface area contributed by atoms with Crippen LogP contribution in [0.4, 0.5) is 13.2 Å². The zero-order valence-corrected chi connectivity index (χ0v) is 19.7. The number of aromatic nitrogens is 2. The zero-order valence-electron chi connectivity index (χ0n) is 19.7. The number of ether oxygens (including phenoxy) is 1. The van der Waals surface area contributed by atoms with Gasteiger partial charge >= 0.3 is 12.1 Å². The van der Waals surface area contributed by atoms with Gasteiger partial charge in [-0.15, -0.1) is 10.2 Å². The summed E-state index contributed by atoms with van der Waals surface area (Å²) >= 11 is 0. The quantitative estimate of drug-likeness (QED) is 0.420. The number of nitrogens with one attached hydrogen (secondary N) is 1. The molecule has 9 heteroatoms. The third kappa shape index (κ3) is 5.23. The number of carbonyl (C=O) groups excluding carboxylic acids is 1. The number of amides is 1. The topological polar surface area (TPSA) is 77.2 Å². The molecule has 4 rings (SSSR count). The molecule has 0 radical (unpaired) electrons. The summed E-state index contributed by atoms with van der Waals surface area (Å²) < 4.78 is 49.9. The van der Waals surface area contributed by atoms with Crippen LogP contribution in [-0.2, 0) is 16.5 Å². The summed E-state index contributed by atoms with van der Waals surface area (Å²) in [5.74, 6) is -1.82. The second kappa shape index (κ2) is 9.56. The fourth-order valence-corrected chi connectivity index (χ4v) is 4.03. The van der Waals surface area contributed by atoms with Crippen molar-refractivity contribution in [2.45, 2.75) is 51.7 Å². The van der Waals surface area contributed by atoms with Crippen LogP contribution in [0.15, 0.2) is 52.9 Å². The maximum Gasteiger partial charge on any atom is 0.470 e. The van der Waals surface area contributed by atoms with Gasteiger partial charge in [0, 0.05) is 6.42 Å². The molecule has 1 aromatic heterocycles. The third-order valence-electron chi connectivity index (χ3n) is 5.99. The van der Waals surface area contributed by atoms with Crippen LogP contribution in [0, 0.1) is 6.92 Å². The minimum absolute atomic E-state index is 0.0613. The molecule has 1 unspecified atom stereocenters. The van der Waals surface area contributed by atoms with Crippen molar-refractivity contribution in [2.24, 2.45) is 0 Å². The van der Waals surface area contributed by atoms with Crippen LogP contribution in [0.5, 0.6) is 5.75 Å². The van der Waals surface area contributed by atoms with E-state index < -0.39 is 29.4 Å². The highest BCUT2D eigenvalue weighted by Gasteiger charge is 2.42. The number of halogens is 3. The minimum Gasteiger partial charge on any atom is -0.494 e. The standard InChI is InChI=1S/C26H26F3N3O3/c1-4-5-14-34-19-12-10-18(11-13-19)25(3)15-20(17-8-6-16(2)7-9-17)21(22(33)30-25)23-31-32-24(35-23)26(27,28)29/h6-13H,4-5,14-15H2,1-3H3,(H,30,33). The van der Waals surface area contributed by atoms with Crippen LogP contribution in [0.2, 0.25) is 0 Å². The molecule has 1 aliphatic heterocycles. The first kappa shape index (κ1) is 24.5. The highest BCUT2D eigenvalue weighted by atomic mass is 19.4. The van der Waals surface area contributed by atoms with Gasteiger partial charge in [0.05, 0.1) is 12.1 Å². The molecule has 1 atom stereocenters. The van der Waals surface area contributed by atoms with Crippen molar-refractivity contribution in [1.82, 2.24) is 15.5 Å². The molecule has 2 heterocycles. The van der Waals surface area contributed by atoms with E-state index >= 15 is 0 Å². The SMILES string of the molecule is CCCCOc1ccc(C2(C)CC(c3ccc(C)cc3)=C(c3nnc(C(F)(F)F)o3)C(=O)N2)cc1. The lowest BCUT2D eigenvalue weighted by molar-refractivity contribution is -0.157. The van der Waals surface area contributed by atoms with E-state index in [1.54, 1.807) is 0 Å². The predicted octanol–water partition coefficient (Wildman–Crippen LogP) is 5.92. The Kier molecular flexibility index (Phi) is 6.69. The van der Waals surface area contributed by atoms with Gasteiger partial charge in [0.25, 0.3) is 11.8 Å². The van der Waals surface area contributed by atoms with Crippen molar-refractivity contribution in [3.63, 3.8) is 0 Å². The van der Waals surface area contributed by atoms with Gasteiger partial charge in [-0.3, -0.25) is 4.79 Å². The van der Waals surface area contributed by atoms with Crippen LogP contribution < -0.4 is 10.1 Å². The van der Waals surface area contributed by atoms with Gasteiger partial charge in [-0.25, -0.2) is 0 Å². The van der Waals surface area contributed by atoms with E-state index in [1.807, 2.05) is 62.4 Å². The molecule has 1 N–H and O–H groups in total. The molecular weight excluding hydrogens is 459 g/mol. The first-order valence-electron chi connectivity index (χ1n) is 11.4. The van der Waals surface area contributed by atoms with Gasteiger partial charge in [0.15, 0.2) is 0 Å². The van der Waals surface area contributed by atoms with E-state index in [1.165, 1.54) is 0 Å².